The highest BCUT2D eigenvalue weighted by atomic mass is 32.1. The number of pyridine rings is 1. The molecule has 144 valence electrons. The Hall–Kier alpha value is -3.13. The minimum absolute atomic E-state index is 0.218. The quantitative estimate of drug-likeness (QED) is 0.660. The lowest BCUT2D eigenvalue weighted by atomic mass is 10.1. The molecule has 0 atom stereocenters. The molecule has 2 amide bonds. The number of rotatable bonds is 6. The summed E-state index contributed by atoms with van der Waals surface area (Å²) in [5, 5.41) is 5.58. The molecule has 0 saturated heterocycles. The zero-order valence-corrected chi connectivity index (χ0v) is 16.2. The second-order valence-corrected chi connectivity index (χ2v) is 7.18. The fraction of sp³-hybridized carbons (Fsp3) is 0.200. The Morgan fingerprint density at radius 3 is 2.54 bits per heavy atom. The Kier molecular flexibility index (Phi) is 6.10. The number of carbonyl (C=O) groups excluding carboxylic acids is 2. The lowest BCUT2D eigenvalue weighted by molar-refractivity contribution is -0.118. The van der Waals surface area contributed by atoms with E-state index in [0.717, 1.165) is 17.1 Å². The number of carbonyl (C=O) groups is 2. The van der Waals surface area contributed by atoms with Gasteiger partial charge in [0, 0.05) is 18.7 Å². The van der Waals surface area contributed by atoms with E-state index in [2.05, 4.69) is 20.0 Å². The number of nitrogens with zero attached hydrogens (tertiary/aromatic N) is 2. The van der Waals surface area contributed by atoms with Crippen molar-refractivity contribution in [1.82, 2.24) is 14.7 Å². The van der Waals surface area contributed by atoms with Gasteiger partial charge < -0.3 is 10.6 Å². The highest BCUT2D eigenvalue weighted by molar-refractivity contribution is 7.09. The van der Waals surface area contributed by atoms with Crippen LogP contribution in [0, 0.1) is 11.7 Å². The maximum absolute atomic E-state index is 13.0. The van der Waals surface area contributed by atoms with Gasteiger partial charge in [-0.3, -0.25) is 14.6 Å². The number of amides is 2. The highest BCUT2D eigenvalue weighted by Gasteiger charge is 2.24. The predicted molar refractivity (Wildman–Crippen MR) is 106 cm³/mol. The Balaban J connectivity index is 1.86. The molecular formula is C20H19FN4O2S. The summed E-state index contributed by atoms with van der Waals surface area (Å²) in [6.07, 6.45) is 1.62. The van der Waals surface area contributed by atoms with Gasteiger partial charge in [0.2, 0.25) is 5.91 Å². The molecule has 0 radical (unpaired) electrons. The Labute approximate surface area is 166 Å². The predicted octanol–water partition coefficient (Wildman–Crippen LogP) is 3.87. The number of anilines is 1. The van der Waals surface area contributed by atoms with Crippen LogP contribution in [0.1, 0.15) is 29.1 Å². The molecule has 1 aromatic carbocycles. The van der Waals surface area contributed by atoms with Crippen molar-refractivity contribution in [2.24, 2.45) is 5.92 Å². The lowest BCUT2D eigenvalue weighted by Gasteiger charge is -2.10. The fourth-order valence-corrected chi connectivity index (χ4v) is 3.13. The SMILES string of the molecule is CC(C)C(=O)Nc1c(-c2ccccn2)nsc1C(=O)NCc1ccc(F)cc1. The third kappa shape index (κ3) is 4.58. The first-order chi connectivity index (χ1) is 13.5. The summed E-state index contributed by atoms with van der Waals surface area (Å²) in [6.45, 7) is 3.77. The number of benzene rings is 1. The average Bonchev–Trinajstić information content (AvgIpc) is 3.11. The van der Waals surface area contributed by atoms with E-state index in [9.17, 15) is 14.0 Å². The molecule has 2 heterocycles. The molecule has 0 fully saturated rings. The van der Waals surface area contributed by atoms with Gasteiger partial charge in [0.15, 0.2) is 0 Å². The monoisotopic (exact) mass is 398 g/mol. The van der Waals surface area contributed by atoms with Crippen LogP contribution in [0.15, 0.2) is 48.7 Å². The van der Waals surface area contributed by atoms with Crippen molar-refractivity contribution in [2.75, 3.05) is 5.32 Å². The topological polar surface area (TPSA) is 84.0 Å². The zero-order chi connectivity index (χ0) is 20.1. The largest absolute Gasteiger partial charge is 0.347 e. The molecule has 2 N–H and O–H groups in total. The Morgan fingerprint density at radius 1 is 1.14 bits per heavy atom. The van der Waals surface area contributed by atoms with Gasteiger partial charge in [-0.1, -0.05) is 32.0 Å². The van der Waals surface area contributed by atoms with Gasteiger partial charge in [0.05, 0.1) is 11.4 Å². The van der Waals surface area contributed by atoms with Crippen molar-refractivity contribution in [2.45, 2.75) is 20.4 Å². The number of hydrogen-bond acceptors (Lipinski definition) is 5. The third-order valence-corrected chi connectivity index (χ3v) is 4.79. The van der Waals surface area contributed by atoms with Crippen molar-refractivity contribution >= 4 is 29.0 Å². The van der Waals surface area contributed by atoms with Gasteiger partial charge in [0.1, 0.15) is 16.4 Å². The third-order valence-electron chi connectivity index (χ3n) is 3.94. The van der Waals surface area contributed by atoms with E-state index in [4.69, 9.17) is 0 Å². The number of aromatic nitrogens is 2. The van der Waals surface area contributed by atoms with Gasteiger partial charge >= 0.3 is 0 Å². The summed E-state index contributed by atoms with van der Waals surface area (Å²) >= 11 is 0.994. The standard InChI is InChI=1S/C20H19FN4O2S/c1-12(2)19(26)24-17-16(15-5-3-4-10-22-15)25-28-18(17)20(27)23-11-13-6-8-14(21)9-7-13/h3-10,12H,11H2,1-2H3,(H,23,27)(H,24,26). The molecule has 0 bridgehead atoms. The number of nitrogens with one attached hydrogen (secondary N) is 2. The molecule has 0 aliphatic carbocycles. The first-order valence-electron chi connectivity index (χ1n) is 8.70. The Bertz CT molecular complexity index is 972. The van der Waals surface area contributed by atoms with Crippen LogP contribution in [0.5, 0.6) is 0 Å². The van der Waals surface area contributed by atoms with Gasteiger partial charge in [-0.2, -0.15) is 4.37 Å². The van der Waals surface area contributed by atoms with Gasteiger partial charge in [0.25, 0.3) is 5.91 Å². The van der Waals surface area contributed by atoms with Crippen LogP contribution < -0.4 is 10.6 Å². The Morgan fingerprint density at radius 2 is 1.89 bits per heavy atom. The van der Waals surface area contributed by atoms with Crippen LogP contribution >= 0.6 is 11.5 Å². The van der Waals surface area contributed by atoms with Crippen LogP contribution in [0.4, 0.5) is 10.1 Å². The summed E-state index contributed by atoms with van der Waals surface area (Å²) in [4.78, 5) is 29.5. The molecule has 2 aromatic heterocycles. The molecule has 0 aliphatic heterocycles. The fourth-order valence-electron chi connectivity index (χ4n) is 2.37. The van der Waals surface area contributed by atoms with Crippen LogP contribution in [-0.4, -0.2) is 21.2 Å². The summed E-state index contributed by atoms with van der Waals surface area (Å²) in [5.41, 5.74) is 2.12. The second-order valence-electron chi connectivity index (χ2n) is 6.40. The summed E-state index contributed by atoms with van der Waals surface area (Å²) in [7, 11) is 0. The van der Waals surface area contributed by atoms with E-state index < -0.39 is 0 Å². The molecule has 3 rings (SSSR count). The van der Waals surface area contributed by atoms with Crippen LogP contribution in [0.2, 0.25) is 0 Å². The maximum Gasteiger partial charge on any atom is 0.265 e. The van der Waals surface area contributed by atoms with Gasteiger partial charge in [-0.25, -0.2) is 4.39 Å². The molecule has 0 aliphatic rings. The van der Waals surface area contributed by atoms with Crippen molar-refractivity contribution < 1.29 is 14.0 Å². The van der Waals surface area contributed by atoms with E-state index in [1.807, 2.05) is 6.07 Å². The molecule has 3 aromatic rings. The highest BCUT2D eigenvalue weighted by Crippen LogP contribution is 2.32. The van der Waals surface area contributed by atoms with Crippen molar-refractivity contribution in [3.63, 3.8) is 0 Å². The molecule has 0 spiro atoms. The molecule has 0 unspecified atom stereocenters. The maximum atomic E-state index is 13.0. The van der Waals surface area contributed by atoms with E-state index in [-0.39, 0.29) is 35.0 Å². The normalized spacial score (nSPS) is 10.7. The van der Waals surface area contributed by atoms with Crippen molar-refractivity contribution in [3.05, 3.63) is 64.9 Å². The van der Waals surface area contributed by atoms with Crippen LogP contribution in [0.25, 0.3) is 11.4 Å². The van der Waals surface area contributed by atoms with E-state index in [0.29, 0.717) is 17.1 Å². The molecular weight excluding hydrogens is 379 g/mol. The minimum atomic E-state index is -0.372. The minimum Gasteiger partial charge on any atom is -0.347 e. The molecule has 8 heteroatoms. The molecule has 6 nitrogen and oxygen atoms in total. The molecule has 0 saturated carbocycles. The van der Waals surface area contributed by atoms with Crippen molar-refractivity contribution in [3.8, 4) is 11.4 Å². The zero-order valence-electron chi connectivity index (χ0n) is 15.4. The van der Waals surface area contributed by atoms with Crippen LogP contribution in [0.3, 0.4) is 0 Å². The average molecular weight is 398 g/mol. The van der Waals surface area contributed by atoms with Crippen LogP contribution in [-0.2, 0) is 11.3 Å². The van der Waals surface area contributed by atoms with Gasteiger partial charge in [-0.15, -0.1) is 0 Å². The van der Waals surface area contributed by atoms with E-state index in [1.165, 1.54) is 12.1 Å². The smallest absolute Gasteiger partial charge is 0.265 e. The number of halogens is 1. The summed E-state index contributed by atoms with van der Waals surface area (Å²) in [5.74, 6) is -1.18. The second kappa shape index (κ2) is 8.71. The van der Waals surface area contributed by atoms with E-state index in [1.54, 1.807) is 44.3 Å². The van der Waals surface area contributed by atoms with E-state index >= 15 is 0 Å². The van der Waals surface area contributed by atoms with Crippen molar-refractivity contribution in [1.29, 1.82) is 0 Å². The molecule has 28 heavy (non-hydrogen) atoms. The van der Waals surface area contributed by atoms with Gasteiger partial charge in [-0.05, 0) is 41.4 Å². The first kappa shape index (κ1) is 19.6. The summed E-state index contributed by atoms with van der Waals surface area (Å²) < 4.78 is 17.4. The number of hydrogen-bond donors (Lipinski definition) is 2. The first-order valence-corrected chi connectivity index (χ1v) is 9.47. The lowest BCUT2D eigenvalue weighted by Crippen LogP contribution is -2.25. The summed E-state index contributed by atoms with van der Waals surface area (Å²) in [6, 6.07) is 11.2.